The van der Waals surface area contributed by atoms with Crippen molar-refractivity contribution in [2.24, 2.45) is 0 Å². The number of furan rings is 1. The number of carbonyl (C=O) groups is 2. The van der Waals surface area contributed by atoms with E-state index in [2.05, 4.69) is 5.32 Å². The zero-order valence-corrected chi connectivity index (χ0v) is 12.6. The molecule has 3 rings (SSSR count). The van der Waals surface area contributed by atoms with E-state index in [1.165, 1.54) is 6.26 Å². The van der Waals surface area contributed by atoms with Gasteiger partial charge in [-0.15, -0.1) is 12.4 Å². The Morgan fingerprint density at radius 2 is 2.24 bits per heavy atom. The number of carbonyl (C=O) groups excluding carboxylic acids is 2. The third kappa shape index (κ3) is 3.39. The average Bonchev–Trinajstić information content (AvgIpc) is 3.01. The highest BCUT2D eigenvalue weighted by molar-refractivity contribution is 5.91. The normalized spacial score (nSPS) is 22.9. The van der Waals surface area contributed by atoms with E-state index in [1.807, 2.05) is 4.90 Å². The second-order valence-corrected chi connectivity index (χ2v) is 5.29. The minimum atomic E-state index is -0.0812. The minimum Gasteiger partial charge on any atom is -0.459 e. The Labute approximate surface area is 129 Å². The van der Waals surface area contributed by atoms with Crippen LogP contribution in [-0.4, -0.2) is 60.4 Å². The Kier molecular flexibility index (Phi) is 5.25. The molecule has 21 heavy (non-hydrogen) atoms. The summed E-state index contributed by atoms with van der Waals surface area (Å²) in [4.78, 5) is 27.9. The number of hydrogen-bond donors (Lipinski definition) is 1. The van der Waals surface area contributed by atoms with Gasteiger partial charge in [0.2, 0.25) is 5.91 Å². The standard InChI is InChI=1S/C14H19N3O3.ClH/c18-13-9-15-5-7-17(13)11-3-1-6-16(10-11)14(19)12-4-2-8-20-12;/h2,4,8,11,15H,1,3,5-7,9-10H2;1H. The molecule has 0 bridgehead atoms. The van der Waals surface area contributed by atoms with Gasteiger partial charge in [-0.2, -0.15) is 0 Å². The summed E-state index contributed by atoms with van der Waals surface area (Å²) < 4.78 is 5.17. The van der Waals surface area contributed by atoms with Crippen molar-refractivity contribution in [3.05, 3.63) is 24.2 Å². The van der Waals surface area contributed by atoms with Crippen molar-refractivity contribution in [1.29, 1.82) is 0 Å². The number of nitrogens with zero attached hydrogens (tertiary/aromatic N) is 2. The molecule has 0 spiro atoms. The van der Waals surface area contributed by atoms with E-state index in [4.69, 9.17) is 4.42 Å². The molecule has 2 saturated heterocycles. The third-order valence-corrected chi connectivity index (χ3v) is 3.98. The molecule has 1 N–H and O–H groups in total. The minimum absolute atomic E-state index is 0. The lowest BCUT2D eigenvalue weighted by atomic mass is 10.0. The van der Waals surface area contributed by atoms with Gasteiger partial charge in [0.15, 0.2) is 5.76 Å². The van der Waals surface area contributed by atoms with Gasteiger partial charge in [-0.3, -0.25) is 9.59 Å². The highest BCUT2D eigenvalue weighted by Crippen LogP contribution is 2.19. The molecule has 0 aromatic carbocycles. The smallest absolute Gasteiger partial charge is 0.289 e. The highest BCUT2D eigenvalue weighted by atomic mass is 35.5. The molecule has 0 aliphatic carbocycles. The topological polar surface area (TPSA) is 65.8 Å². The molecule has 1 unspecified atom stereocenters. The molecule has 1 aromatic rings. The van der Waals surface area contributed by atoms with Gasteiger partial charge in [0.05, 0.1) is 12.8 Å². The SMILES string of the molecule is Cl.O=C(c1ccco1)N1CCCC(N2CCNCC2=O)C1. The van der Waals surface area contributed by atoms with Crippen molar-refractivity contribution < 1.29 is 14.0 Å². The Balaban J connectivity index is 0.00000161. The van der Waals surface area contributed by atoms with E-state index in [1.54, 1.807) is 17.0 Å². The van der Waals surface area contributed by atoms with Crippen LogP contribution in [0.3, 0.4) is 0 Å². The molecule has 3 heterocycles. The van der Waals surface area contributed by atoms with Crippen LogP contribution >= 0.6 is 12.4 Å². The van der Waals surface area contributed by atoms with Gasteiger partial charge in [-0.25, -0.2) is 0 Å². The maximum absolute atomic E-state index is 12.3. The molecule has 2 amide bonds. The van der Waals surface area contributed by atoms with Crippen LogP contribution in [0.4, 0.5) is 0 Å². The van der Waals surface area contributed by atoms with Gasteiger partial charge < -0.3 is 19.5 Å². The average molecular weight is 314 g/mol. The zero-order valence-electron chi connectivity index (χ0n) is 11.8. The van der Waals surface area contributed by atoms with Crippen molar-refractivity contribution >= 4 is 24.2 Å². The molecule has 2 aliphatic rings. The second-order valence-electron chi connectivity index (χ2n) is 5.29. The zero-order chi connectivity index (χ0) is 13.9. The van der Waals surface area contributed by atoms with Gasteiger partial charge in [0.25, 0.3) is 5.91 Å². The lowest BCUT2D eigenvalue weighted by molar-refractivity contribution is -0.135. The predicted molar refractivity (Wildman–Crippen MR) is 79.5 cm³/mol. The second kappa shape index (κ2) is 6.95. The summed E-state index contributed by atoms with van der Waals surface area (Å²) in [5, 5.41) is 3.07. The van der Waals surface area contributed by atoms with Crippen LogP contribution < -0.4 is 5.32 Å². The molecular formula is C14H20ClN3O3. The Morgan fingerprint density at radius 3 is 2.95 bits per heavy atom. The number of likely N-dealkylation sites (tertiary alicyclic amines) is 1. The van der Waals surface area contributed by atoms with Crippen LogP contribution in [0.5, 0.6) is 0 Å². The molecule has 0 saturated carbocycles. The third-order valence-electron chi connectivity index (χ3n) is 3.98. The van der Waals surface area contributed by atoms with Crippen molar-refractivity contribution in [2.75, 3.05) is 32.7 Å². The summed E-state index contributed by atoms with van der Waals surface area (Å²) in [6, 6.07) is 3.54. The number of hydrogen-bond acceptors (Lipinski definition) is 4. The van der Waals surface area contributed by atoms with Gasteiger partial charge in [0.1, 0.15) is 0 Å². The molecule has 1 atom stereocenters. The van der Waals surface area contributed by atoms with Crippen LogP contribution in [0.25, 0.3) is 0 Å². The summed E-state index contributed by atoms with van der Waals surface area (Å²) in [6.45, 7) is 3.30. The monoisotopic (exact) mass is 313 g/mol. The van der Waals surface area contributed by atoms with E-state index in [0.29, 0.717) is 18.8 Å². The molecular weight excluding hydrogens is 294 g/mol. The van der Waals surface area contributed by atoms with Gasteiger partial charge in [-0.05, 0) is 25.0 Å². The Hall–Kier alpha value is -1.53. The van der Waals surface area contributed by atoms with Crippen molar-refractivity contribution in [1.82, 2.24) is 15.1 Å². The summed E-state index contributed by atoms with van der Waals surface area (Å²) in [7, 11) is 0. The molecule has 6 nitrogen and oxygen atoms in total. The lowest BCUT2D eigenvalue weighted by Gasteiger charge is -2.40. The van der Waals surface area contributed by atoms with E-state index in [-0.39, 0.29) is 30.3 Å². The highest BCUT2D eigenvalue weighted by Gasteiger charge is 2.32. The van der Waals surface area contributed by atoms with E-state index in [9.17, 15) is 9.59 Å². The van der Waals surface area contributed by atoms with Crippen LogP contribution in [0.1, 0.15) is 23.4 Å². The summed E-state index contributed by atoms with van der Waals surface area (Å²) in [5.41, 5.74) is 0. The predicted octanol–water partition coefficient (Wildman–Crippen LogP) is 0.738. The summed E-state index contributed by atoms with van der Waals surface area (Å²) >= 11 is 0. The Morgan fingerprint density at radius 1 is 1.38 bits per heavy atom. The largest absolute Gasteiger partial charge is 0.459 e. The molecule has 2 fully saturated rings. The van der Waals surface area contributed by atoms with E-state index >= 15 is 0 Å². The fraction of sp³-hybridized carbons (Fsp3) is 0.571. The van der Waals surface area contributed by atoms with Crippen LogP contribution in [0, 0.1) is 0 Å². The van der Waals surface area contributed by atoms with Gasteiger partial charge in [-0.1, -0.05) is 0 Å². The first-order chi connectivity index (χ1) is 9.75. The van der Waals surface area contributed by atoms with Crippen molar-refractivity contribution in [2.45, 2.75) is 18.9 Å². The van der Waals surface area contributed by atoms with Crippen LogP contribution in [-0.2, 0) is 4.79 Å². The summed E-state index contributed by atoms with van der Waals surface area (Å²) in [6.07, 6.45) is 3.40. The molecule has 116 valence electrons. The fourth-order valence-electron chi connectivity index (χ4n) is 2.96. The van der Waals surface area contributed by atoms with Crippen molar-refractivity contribution in [3.63, 3.8) is 0 Å². The number of rotatable bonds is 2. The first-order valence-corrected chi connectivity index (χ1v) is 7.08. The number of piperidine rings is 1. The number of amides is 2. The number of piperazine rings is 1. The molecule has 0 radical (unpaired) electrons. The van der Waals surface area contributed by atoms with Gasteiger partial charge >= 0.3 is 0 Å². The van der Waals surface area contributed by atoms with E-state index < -0.39 is 0 Å². The van der Waals surface area contributed by atoms with Crippen LogP contribution in [0.2, 0.25) is 0 Å². The van der Waals surface area contributed by atoms with Crippen LogP contribution in [0.15, 0.2) is 22.8 Å². The molecule has 2 aliphatic heterocycles. The van der Waals surface area contributed by atoms with E-state index in [0.717, 1.165) is 32.5 Å². The number of halogens is 1. The maximum Gasteiger partial charge on any atom is 0.289 e. The first kappa shape index (κ1) is 15.9. The molecule has 1 aromatic heterocycles. The first-order valence-electron chi connectivity index (χ1n) is 7.08. The maximum atomic E-state index is 12.3. The summed E-state index contributed by atoms with van der Waals surface area (Å²) in [5.74, 6) is 0.424. The van der Waals surface area contributed by atoms with Crippen molar-refractivity contribution in [3.8, 4) is 0 Å². The molecule has 7 heteroatoms. The van der Waals surface area contributed by atoms with Gasteiger partial charge in [0, 0.05) is 32.2 Å². The quantitative estimate of drug-likeness (QED) is 0.874. The lowest BCUT2D eigenvalue weighted by Crippen LogP contribution is -2.57. The fourth-order valence-corrected chi connectivity index (χ4v) is 2.96. The Bertz CT molecular complexity index is 492. The number of nitrogens with one attached hydrogen (secondary N) is 1.